The molecule has 3 aromatic carbocycles. The van der Waals surface area contributed by atoms with E-state index < -0.39 is 42.3 Å². The van der Waals surface area contributed by atoms with Crippen LogP contribution in [-0.4, -0.2) is 47.2 Å². The number of hydrogen-bond acceptors (Lipinski definition) is 6. The standard InChI is InChI=1S/C31H39NO6SSi/c1-7-28(38-40(30(3,4)5,25-14-10-8-11-15-25)26-16-12-9-13-17-26)31(6)27(32-29(33)37-31)22-36-39(34,35)24-20-18-23(2)19-21-24/h8-21,27-28H,7,22H2,1-6H3,(H,32,33)/t27-,28-,31+/m1/s1. The van der Waals surface area contributed by atoms with E-state index in [0.29, 0.717) is 6.42 Å². The lowest BCUT2D eigenvalue weighted by molar-refractivity contribution is -0.0553. The number of carbonyl (C=O) groups is 1. The fraction of sp³-hybridized carbons (Fsp3) is 0.387. The summed E-state index contributed by atoms with van der Waals surface area (Å²) in [6, 6.07) is 26.1. The number of alkyl carbamates (subject to hydrolysis) is 1. The van der Waals surface area contributed by atoms with Gasteiger partial charge in [-0.1, -0.05) is 106 Å². The number of hydrogen-bond donors (Lipinski definition) is 1. The van der Waals surface area contributed by atoms with E-state index in [9.17, 15) is 13.2 Å². The second-order valence-electron chi connectivity index (χ2n) is 11.5. The van der Waals surface area contributed by atoms with E-state index in [1.807, 2.05) is 50.2 Å². The number of ether oxygens (including phenoxy) is 1. The van der Waals surface area contributed by atoms with E-state index in [4.69, 9.17) is 13.3 Å². The minimum atomic E-state index is -4.05. The molecule has 1 aliphatic heterocycles. The molecule has 3 aromatic rings. The van der Waals surface area contributed by atoms with Crippen molar-refractivity contribution in [1.29, 1.82) is 0 Å². The molecule has 4 rings (SSSR count). The van der Waals surface area contributed by atoms with Crippen LogP contribution in [0.5, 0.6) is 0 Å². The number of rotatable bonds is 10. The molecule has 0 bridgehead atoms. The van der Waals surface area contributed by atoms with Gasteiger partial charge in [0.1, 0.15) is 0 Å². The lowest BCUT2D eigenvalue weighted by Gasteiger charge is -2.48. The first-order valence-corrected chi connectivity index (χ1v) is 16.9. The molecule has 0 saturated carbocycles. The summed E-state index contributed by atoms with van der Waals surface area (Å²) in [5.74, 6) is 0. The van der Waals surface area contributed by atoms with Crippen LogP contribution in [0.15, 0.2) is 89.8 Å². The molecule has 9 heteroatoms. The van der Waals surface area contributed by atoms with Gasteiger partial charge >= 0.3 is 6.09 Å². The van der Waals surface area contributed by atoms with E-state index in [1.165, 1.54) is 12.1 Å². The Hall–Kier alpha value is -2.98. The Bertz CT molecular complexity index is 1370. The molecule has 0 aliphatic carbocycles. The smallest absolute Gasteiger partial charge is 0.408 e. The summed E-state index contributed by atoms with van der Waals surface area (Å²) in [5.41, 5.74) is -0.254. The zero-order valence-corrected chi connectivity index (χ0v) is 25.8. The second-order valence-corrected chi connectivity index (χ2v) is 17.4. The lowest BCUT2D eigenvalue weighted by Crippen LogP contribution is -2.70. The quantitative estimate of drug-likeness (QED) is 0.270. The SMILES string of the molecule is CC[C@@H](O[Si](c1ccccc1)(c1ccccc1)C(C)(C)C)[C@@]1(C)OC(=O)N[C@@H]1COS(=O)(=O)c1ccc(C)cc1. The summed E-state index contributed by atoms with van der Waals surface area (Å²) in [5, 5.41) is 4.69. The van der Waals surface area contributed by atoms with Crippen molar-refractivity contribution >= 4 is 34.9 Å². The third-order valence-corrected chi connectivity index (χ3v) is 14.1. The Morgan fingerprint density at radius 3 is 1.95 bits per heavy atom. The van der Waals surface area contributed by atoms with Gasteiger partial charge < -0.3 is 14.5 Å². The predicted octanol–water partition coefficient (Wildman–Crippen LogP) is 4.92. The Kier molecular flexibility index (Phi) is 8.61. The van der Waals surface area contributed by atoms with Crippen molar-refractivity contribution in [3.63, 3.8) is 0 Å². The topological polar surface area (TPSA) is 90.9 Å². The maximum Gasteiger partial charge on any atom is 0.408 e. The fourth-order valence-electron chi connectivity index (χ4n) is 5.52. The fourth-order valence-corrected chi connectivity index (χ4v) is 11.3. The summed E-state index contributed by atoms with van der Waals surface area (Å²) >= 11 is 0. The van der Waals surface area contributed by atoms with Crippen LogP contribution in [0.1, 0.15) is 46.6 Å². The first-order chi connectivity index (χ1) is 18.8. The Balaban J connectivity index is 1.72. The van der Waals surface area contributed by atoms with Gasteiger partial charge in [-0.25, -0.2) is 4.79 Å². The molecule has 0 radical (unpaired) electrons. The van der Waals surface area contributed by atoms with Crippen LogP contribution >= 0.6 is 0 Å². The van der Waals surface area contributed by atoms with Gasteiger partial charge in [-0.2, -0.15) is 8.42 Å². The minimum Gasteiger partial charge on any atom is -0.438 e. The van der Waals surface area contributed by atoms with Gasteiger partial charge in [0.05, 0.1) is 23.6 Å². The molecular weight excluding hydrogens is 542 g/mol. The highest BCUT2D eigenvalue weighted by Gasteiger charge is 2.58. The number of amides is 1. The zero-order chi connectivity index (χ0) is 29.2. The van der Waals surface area contributed by atoms with Crippen LogP contribution in [0, 0.1) is 6.92 Å². The summed E-state index contributed by atoms with van der Waals surface area (Å²) in [4.78, 5) is 12.7. The Labute approximate surface area is 239 Å². The van der Waals surface area contributed by atoms with Crippen molar-refractivity contribution < 1.29 is 26.6 Å². The molecule has 40 heavy (non-hydrogen) atoms. The molecule has 1 fully saturated rings. The first kappa shape index (κ1) is 30.0. The largest absolute Gasteiger partial charge is 0.438 e. The normalized spacial score (nSPS) is 20.6. The summed E-state index contributed by atoms with van der Waals surface area (Å²) in [6.07, 6.45) is -0.668. The van der Waals surface area contributed by atoms with Crippen LogP contribution in [0.4, 0.5) is 4.79 Å². The number of aryl methyl sites for hydroxylation is 1. The molecule has 1 heterocycles. The van der Waals surface area contributed by atoms with Gasteiger partial charge in [0.25, 0.3) is 18.4 Å². The number of carbonyl (C=O) groups excluding carboxylic acids is 1. The first-order valence-electron chi connectivity index (χ1n) is 13.6. The lowest BCUT2D eigenvalue weighted by atomic mass is 9.90. The molecule has 7 nitrogen and oxygen atoms in total. The molecule has 1 saturated heterocycles. The van der Waals surface area contributed by atoms with Crippen molar-refractivity contribution in [2.75, 3.05) is 6.61 Å². The Morgan fingerprint density at radius 2 is 1.48 bits per heavy atom. The van der Waals surface area contributed by atoms with Crippen molar-refractivity contribution in [2.45, 2.75) is 75.6 Å². The van der Waals surface area contributed by atoms with Gasteiger partial charge in [0, 0.05) is 0 Å². The summed E-state index contributed by atoms with van der Waals surface area (Å²) < 4.78 is 44.6. The van der Waals surface area contributed by atoms with Crippen molar-refractivity contribution in [1.82, 2.24) is 5.32 Å². The highest BCUT2D eigenvalue weighted by atomic mass is 32.2. The van der Waals surface area contributed by atoms with Crippen molar-refractivity contribution in [3.05, 3.63) is 90.5 Å². The zero-order valence-electron chi connectivity index (χ0n) is 24.0. The highest BCUT2D eigenvalue weighted by molar-refractivity contribution is 7.86. The van der Waals surface area contributed by atoms with E-state index in [1.54, 1.807) is 19.1 Å². The molecule has 214 valence electrons. The van der Waals surface area contributed by atoms with E-state index >= 15 is 0 Å². The van der Waals surface area contributed by atoms with E-state index in [0.717, 1.165) is 15.9 Å². The van der Waals surface area contributed by atoms with Gasteiger partial charge in [-0.3, -0.25) is 4.18 Å². The monoisotopic (exact) mass is 581 g/mol. The molecule has 1 amide bonds. The molecular formula is C31H39NO6SSi. The van der Waals surface area contributed by atoms with Crippen molar-refractivity contribution in [2.24, 2.45) is 0 Å². The maximum absolute atomic E-state index is 13.0. The van der Waals surface area contributed by atoms with E-state index in [-0.39, 0.29) is 16.5 Å². The predicted molar refractivity (Wildman–Crippen MR) is 159 cm³/mol. The van der Waals surface area contributed by atoms with Crippen LogP contribution in [0.25, 0.3) is 0 Å². The van der Waals surface area contributed by atoms with Crippen LogP contribution < -0.4 is 15.7 Å². The molecule has 1 N–H and O–H groups in total. The van der Waals surface area contributed by atoms with E-state index in [2.05, 4.69) is 50.4 Å². The van der Waals surface area contributed by atoms with Crippen LogP contribution in [-0.2, 0) is 23.5 Å². The van der Waals surface area contributed by atoms with Gasteiger partial charge in [-0.05, 0) is 47.8 Å². The average molecular weight is 582 g/mol. The number of cyclic esters (lactones) is 1. The maximum atomic E-state index is 13.0. The minimum absolute atomic E-state index is 0.0562. The van der Waals surface area contributed by atoms with Crippen LogP contribution in [0.3, 0.4) is 0 Å². The van der Waals surface area contributed by atoms with Gasteiger partial charge in [0.15, 0.2) is 5.60 Å². The van der Waals surface area contributed by atoms with Crippen LogP contribution in [0.2, 0.25) is 5.04 Å². The average Bonchev–Trinajstić information content (AvgIpc) is 3.22. The number of nitrogens with one attached hydrogen (secondary N) is 1. The second kappa shape index (κ2) is 11.5. The Morgan fingerprint density at radius 1 is 0.950 bits per heavy atom. The number of benzene rings is 3. The third-order valence-electron chi connectivity index (χ3n) is 7.74. The van der Waals surface area contributed by atoms with Crippen molar-refractivity contribution in [3.8, 4) is 0 Å². The summed E-state index contributed by atoms with van der Waals surface area (Å²) in [7, 11) is -7.04. The molecule has 0 spiro atoms. The third kappa shape index (κ3) is 5.74. The molecule has 0 unspecified atom stereocenters. The molecule has 1 aliphatic rings. The molecule has 0 aromatic heterocycles. The molecule has 3 atom stereocenters. The summed E-state index contributed by atoms with van der Waals surface area (Å²) in [6.45, 7) is 11.9. The van der Waals surface area contributed by atoms with Gasteiger partial charge in [-0.15, -0.1) is 0 Å². The van der Waals surface area contributed by atoms with Gasteiger partial charge in [0.2, 0.25) is 0 Å². The highest BCUT2D eigenvalue weighted by Crippen LogP contribution is 2.41.